The highest BCUT2D eigenvalue weighted by molar-refractivity contribution is 7.05. The Hall–Kier alpha value is -1.09. The molecule has 0 unspecified atom stereocenters. The number of carbonyl (C=O) groups is 1. The van der Waals surface area contributed by atoms with Gasteiger partial charge in [-0.3, -0.25) is 4.79 Å². The fourth-order valence-electron chi connectivity index (χ4n) is 1.24. The molecule has 0 heterocycles. The van der Waals surface area contributed by atoms with Crippen molar-refractivity contribution in [2.24, 2.45) is 0 Å². The first-order chi connectivity index (χ1) is 6.46. The Morgan fingerprint density at radius 3 is 2.29 bits per heavy atom. The molecule has 1 aromatic carbocycles. The standard InChI is InChI=1S/C11H16O2Si/c1-13-10-8-6-5-7-9(10)11(12)14(2,3)4/h5-8H,1-4H3. The Labute approximate surface area is 85.9 Å². The minimum atomic E-state index is -1.77. The van der Waals surface area contributed by atoms with E-state index in [1.165, 1.54) is 0 Å². The number of benzene rings is 1. The highest BCUT2D eigenvalue weighted by atomic mass is 28.3. The summed E-state index contributed by atoms with van der Waals surface area (Å²) in [6.45, 7) is 6.13. The molecule has 0 spiro atoms. The molecule has 0 bridgehead atoms. The second-order valence-corrected chi connectivity index (χ2v) is 9.23. The van der Waals surface area contributed by atoms with E-state index in [4.69, 9.17) is 4.74 Å². The van der Waals surface area contributed by atoms with Crippen LogP contribution >= 0.6 is 0 Å². The molecule has 0 aliphatic rings. The van der Waals surface area contributed by atoms with Gasteiger partial charge in [0.25, 0.3) is 0 Å². The third-order valence-corrected chi connectivity index (χ3v) is 3.66. The van der Waals surface area contributed by atoms with Gasteiger partial charge in [0.05, 0.1) is 12.7 Å². The Balaban J connectivity index is 3.13. The Morgan fingerprint density at radius 1 is 1.21 bits per heavy atom. The van der Waals surface area contributed by atoms with Crippen LogP contribution in [0.3, 0.4) is 0 Å². The van der Waals surface area contributed by atoms with Gasteiger partial charge < -0.3 is 4.74 Å². The van der Waals surface area contributed by atoms with Crippen molar-refractivity contribution < 1.29 is 9.53 Å². The largest absolute Gasteiger partial charge is 0.496 e. The maximum Gasteiger partial charge on any atom is 0.143 e. The average molecular weight is 208 g/mol. The molecule has 1 aromatic rings. The van der Waals surface area contributed by atoms with E-state index in [0.29, 0.717) is 11.3 Å². The highest BCUT2D eigenvalue weighted by Gasteiger charge is 2.27. The van der Waals surface area contributed by atoms with Crippen LogP contribution in [0, 0.1) is 0 Å². The predicted octanol–water partition coefficient (Wildman–Crippen LogP) is 2.76. The van der Waals surface area contributed by atoms with E-state index in [2.05, 4.69) is 0 Å². The first-order valence-corrected chi connectivity index (χ1v) is 8.14. The molecule has 0 aliphatic heterocycles. The van der Waals surface area contributed by atoms with Crippen molar-refractivity contribution in [1.82, 2.24) is 0 Å². The molecule has 1 rings (SSSR count). The first kappa shape index (κ1) is 11.0. The van der Waals surface area contributed by atoms with Crippen molar-refractivity contribution in [3.05, 3.63) is 29.8 Å². The summed E-state index contributed by atoms with van der Waals surface area (Å²) in [4.78, 5) is 12.0. The van der Waals surface area contributed by atoms with Gasteiger partial charge in [0.2, 0.25) is 0 Å². The molecule has 0 atom stereocenters. The van der Waals surface area contributed by atoms with Gasteiger partial charge in [-0.25, -0.2) is 0 Å². The summed E-state index contributed by atoms with van der Waals surface area (Å²) < 4.78 is 5.16. The van der Waals surface area contributed by atoms with Gasteiger partial charge >= 0.3 is 0 Å². The maximum absolute atomic E-state index is 12.0. The fraction of sp³-hybridized carbons (Fsp3) is 0.364. The van der Waals surface area contributed by atoms with E-state index in [-0.39, 0.29) is 5.41 Å². The lowest BCUT2D eigenvalue weighted by molar-refractivity contribution is 0.106. The third-order valence-electron chi connectivity index (χ3n) is 2.03. The van der Waals surface area contributed by atoms with E-state index in [9.17, 15) is 4.79 Å². The van der Waals surface area contributed by atoms with E-state index in [1.807, 2.05) is 43.9 Å². The quantitative estimate of drug-likeness (QED) is 0.714. The first-order valence-electron chi connectivity index (χ1n) is 4.64. The van der Waals surface area contributed by atoms with Gasteiger partial charge in [-0.05, 0) is 12.1 Å². The normalized spacial score (nSPS) is 11.1. The number of ether oxygens (including phenoxy) is 1. The Kier molecular flexibility index (Phi) is 3.11. The number of para-hydroxylation sites is 1. The molecule has 3 heteroatoms. The zero-order valence-electron chi connectivity index (χ0n) is 9.13. The van der Waals surface area contributed by atoms with Gasteiger partial charge in [0.15, 0.2) is 0 Å². The molecule has 0 saturated carbocycles. The molecule has 0 fully saturated rings. The van der Waals surface area contributed by atoms with E-state index in [0.717, 1.165) is 0 Å². The maximum atomic E-state index is 12.0. The van der Waals surface area contributed by atoms with Crippen LogP contribution < -0.4 is 4.74 Å². The molecule has 76 valence electrons. The summed E-state index contributed by atoms with van der Waals surface area (Å²) >= 11 is 0. The van der Waals surface area contributed by atoms with E-state index >= 15 is 0 Å². The molecule has 14 heavy (non-hydrogen) atoms. The number of rotatable bonds is 3. The fourth-order valence-corrected chi connectivity index (χ4v) is 2.25. The summed E-state index contributed by atoms with van der Waals surface area (Å²) in [7, 11) is -0.174. The molecule has 0 saturated heterocycles. The zero-order chi connectivity index (χ0) is 10.8. The molecule has 0 amide bonds. The van der Waals surface area contributed by atoms with Crippen LogP contribution in [0.5, 0.6) is 5.75 Å². The summed E-state index contributed by atoms with van der Waals surface area (Å²) in [5.41, 5.74) is 0.717. The third kappa shape index (κ3) is 2.23. The summed E-state index contributed by atoms with van der Waals surface area (Å²) in [5, 5.41) is 0.245. The van der Waals surface area contributed by atoms with Crippen LogP contribution in [0.25, 0.3) is 0 Å². The topological polar surface area (TPSA) is 26.3 Å². The molecule has 0 aromatic heterocycles. The van der Waals surface area contributed by atoms with Crippen LogP contribution in [-0.4, -0.2) is 20.6 Å². The van der Waals surface area contributed by atoms with Gasteiger partial charge in [0, 0.05) is 0 Å². The van der Waals surface area contributed by atoms with Crippen molar-refractivity contribution >= 4 is 13.5 Å². The number of carbonyl (C=O) groups excluding carboxylic acids is 1. The van der Waals surface area contributed by atoms with Crippen molar-refractivity contribution in [3.63, 3.8) is 0 Å². The Morgan fingerprint density at radius 2 is 1.79 bits per heavy atom. The summed E-state index contributed by atoms with van der Waals surface area (Å²) in [6.07, 6.45) is 0. The van der Waals surface area contributed by atoms with E-state index in [1.54, 1.807) is 7.11 Å². The van der Waals surface area contributed by atoms with Crippen LogP contribution in [0.2, 0.25) is 19.6 Å². The lowest BCUT2D eigenvalue weighted by Gasteiger charge is -2.16. The average Bonchev–Trinajstić information content (AvgIpc) is 2.15. The van der Waals surface area contributed by atoms with Crippen LogP contribution in [0.1, 0.15) is 10.4 Å². The highest BCUT2D eigenvalue weighted by Crippen LogP contribution is 2.21. The van der Waals surface area contributed by atoms with Crippen LogP contribution in [0.4, 0.5) is 0 Å². The van der Waals surface area contributed by atoms with Gasteiger partial charge in [0.1, 0.15) is 19.2 Å². The lowest BCUT2D eigenvalue weighted by atomic mass is 10.2. The van der Waals surface area contributed by atoms with Gasteiger partial charge in [-0.2, -0.15) is 0 Å². The lowest BCUT2D eigenvalue weighted by Crippen LogP contribution is -2.33. The number of hydrogen-bond acceptors (Lipinski definition) is 2. The second-order valence-electron chi connectivity index (χ2n) is 4.28. The number of methoxy groups -OCH3 is 1. The molecular weight excluding hydrogens is 192 g/mol. The van der Waals surface area contributed by atoms with Crippen LogP contribution in [0.15, 0.2) is 24.3 Å². The van der Waals surface area contributed by atoms with Crippen molar-refractivity contribution in [1.29, 1.82) is 0 Å². The molecular formula is C11H16O2Si. The minimum absolute atomic E-state index is 0.245. The smallest absolute Gasteiger partial charge is 0.143 e. The van der Waals surface area contributed by atoms with E-state index < -0.39 is 8.07 Å². The molecule has 2 nitrogen and oxygen atoms in total. The Bertz CT molecular complexity index is 339. The SMILES string of the molecule is COc1ccccc1C(=O)[Si](C)(C)C. The monoisotopic (exact) mass is 208 g/mol. The molecule has 0 radical (unpaired) electrons. The van der Waals surface area contributed by atoms with Crippen molar-refractivity contribution in [2.75, 3.05) is 7.11 Å². The minimum Gasteiger partial charge on any atom is -0.496 e. The van der Waals surface area contributed by atoms with Crippen molar-refractivity contribution in [3.8, 4) is 5.75 Å². The zero-order valence-corrected chi connectivity index (χ0v) is 10.1. The van der Waals surface area contributed by atoms with Crippen molar-refractivity contribution in [2.45, 2.75) is 19.6 Å². The summed E-state index contributed by atoms with van der Waals surface area (Å²) in [5.74, 6) is 0.680. The number of hydrogen-bond donors (Lipinski definition) is 0. The van der Waals surface area contributed by atoms with Crippen LogP contribution in [-0.2, 0) is 0 Å². The van der Waals surface area contributed by atoms with Gasteiger partial charge in [-0.15, -0.1) is 0 Å². The summed E-state index contributed by atoms with van der Waals surface area (Å²) in [6, 6.07) is 7.41. The molecule has 0 N–H and O–H groups in total. The molecule has 0 aliphatic carbocycles. The van der Waals surface area contributed by atoms with Gasteiger partial charge in [-0.1, -0.05) is 31.8 Å². The predicted molar refractivity (Wildman–Crippen MR) is 60.7 cm³/mol. The second kappa shape index (κ2) is 3.96.